The number of alkyl halides is 1. The van der Waals surface area contributed by atoms with Crippen LogP contribution in [-0.2, 0) is 0 Å². The second kappa shape index (κ2) is 5.25. The maximum atomic E-state index is 11.9. The van der Waals surface area contributed by atoms with E-state index in [0.717, 1.165) is 11.3 Å². The predicted octanol–water partition coefficient (Wildman–Crippen LogP) is 2.68. The summed E-state index contributed by atoms with van der Waals surface area (Å²) in [5.41, 5.74) is 6.72. The van der Waals surface area contributed by atoms with E-state index < -0.39 is 6.67 Å². The van der Waals surface area contributed by atoms with Gasteiger partial charge < -0.3 is 10.2 Å². The van der Waals surface area contributed by atoms with E-state index in [1.165, 1.54) is 0 Å². The molecule has 1 aromatic rings. The average Bonchev–Trinajstić information content (AvgIpc) is 2.33. The van der Waals surface area contributed by atoms with Crippen molar-refractivity contribution in [1.82, 2.24) is 0 Å². The third kappa shape index (κ3) is 3.01. The van der Waals surface area contributed by atoms with Crippen LogP contribution in [0.3, 0.4) is 0 Å². The van der Waals surface area contributed by atoms with Crippen molar-refractivity contribution >= 4 is 12.4 Å². The number of hydrogen-bond acceptors (Lipinski definition) is 2. The first kappa shape index (κ1) is 12.5. The molecule has 4 heteroatoms. The molecule has 0 saturated carbocycles. The van der Waals surface area contributed by atoms with E-state index in [9.17, 15) is 4.39 Å². The lowest BCUT2D eigenvalue weighted by molar-refractivity contribution is 0.389. The lowest BCUT2D eigenvalue weighted by atomic mass is 10.1. The van der Waals surface area contributed by atoms with Gasteiger partial charge in [-0.05, 0) is 31.9 Å². The topological polar surface area (TPSA) is 39.2 Å². The normalized spacial score (nSPS) is 12.3. The van der Waals surface area contributed by atoms with Crippen molar-refractivity contribution in [2.24, 2.45) is 5.73 Å². The van der Waals surface area contributed by atoms with E-state index in [4.69, 9.17) is 10.2 Å². The van der Waals surface area contributed by atoms with E-state index in [-0.39, 0.29) is 18.4 Å². The Morgan fingerprint density at radius 1 is 1.54 bits per heavy atom. The van der Waals surface area contributed by atoms with Crippen LogP contribution in [0, 0.1) is 13.8 Å². The summed E-state index contributed by atoms with van der Waals surface area (Å²) in [5.74, 6) is 1.54. The molecule has 2 nitrogen and oxygen atoms in total. The Bertz CT molecular complexity index is 243. The van der Waals surface area contributed by atoms with E-state index in [2.05, 4.69) is 0 Å². The van der Waals surface area contributed by atoms with E-state index >= 15 is 0 Å². The minimum absolute atomic E-state index is 0. The highest BCUT2D eigenvalue weighted by Crippen LogP contribution is 2.20. The van der Waals surface area contributed by atoms with Crippen LogP contribution in [0.25, 0.3) is 0 Å². The van der Waals surface area contributed by atoms with Crippen molar-refractivity contribution in [3.63, 3.8) is 0 Å². The van der Waals surface area contributed by atoms with Crippen LogP contribution >= 0.6 is 12.4 Å². The molecule has 0 bridgehead atoms. The Balaban J connectivity index is 0.00000144. The molecule has 0 radical (unpaired) electrons. The van der Waals surface area contributed by atoms with Gasteiger partial charge in [0.25, 0.3) is 0 Å². The molecule has 1 atom stereocenters. The zero-order valence-corrected chi connectivity index (χ0v) is 8.66. The number of rotatable bonds is 3. The van der Waals surface area contributed by atoms with Gasteiger partial charge in [-0.1, -0.05) is 0 Å². The lowest BCUT2D eigenvalue weighted by Gasteiger charge is -2.03. The minimum Gasteiger partial charge on any atom is -0.464 e. The first-order valence-electron chi connectivity index (χ1n) is 4.03. The second-order valence-electron chi connectivity index (χ2n) is 2.97. The first-order chi connectivity index (χ1) is 5.65. The zero-order chi connectivity index (χ0) is 9.14. The fourth-order valence-electron chi connectivity index (χ4n) is 1.04. The summed E-state index contributed by atoms with van der Waals surface area (Å²) in [4.78, 5) is 0. The number of furan rings is 1. The molecule has 1 rings (SSSR count). The zero-order valence-electron chi connectivity index (χ0n) is 7.84. The van der Waals surface area contributed by atoms with E-state index in [1.807, 2.05) is 19.9 Å². The van der Waals surface area contributed by atoms with E-state index in [1.54, 1.807) is 0 Å². The molecule has 1 heterocycles. The number of aryl methyl sites for hydroxylation is 2. The van der Waals surface area contributed by atoms with Crippen LogP contribution in [0.2, 0.25) is 0 Å². The lowest BCUT2D eigenvalue weighted by Crippen LogP contribution is -2.09. The average molecular weight is 208 g/mol. The molecule has 0 saturated heterocycles. The SMILES string of the molecule is Cc1cc([C@H](N)CCF)oc1C.Cl. The van der Waals surface area contributed by atoms with Crippen LogP contribution in [-0.4, -0.2) is 6.67 Å². The van der Waals surface area contributed by atoms with Crippen LogP contribution in [0.4, 0.5) is 4.39 Å². The molecule has 0 unspecified atom stereocenters. The number of hydrogen-bond donors (Lipinski definition) is 1. The van der Waals surface area contributed by atoms with Gasteiger partial charge in [-0.2, -0.15) is 0 Å². The Labute approximate surface area is 83.7 Å². The van der Waals surface area contributed by atoms with Crippen molar-refractivity contribution in [2.45, 2.75) is 26.3 Å². The van der Waals surface area contributed by atoms with Gasteiger partial charge >= 0.3 is 0 Å². The summed E-state index contributed by atoms with van der Waals surface area (Å²) in [6.45, 7) is 3.42. The smallest absolute Gasteiger partial charge is 0.121 e. The molecule has 0 amide bonds. The van der Waals surface area contributed by atoms with Crippen molar-refractivity contribution in [1.29, 1.82) is 0 Å². The van der Waals surface area contributed by atoms with Crippen LogP contribution in [0.15, 0.2) is 10.5 Å². The Kier molecular flexibility index (Phi) is 5.03. The van der Waals surface area contributed by atoms with Crippen molar-refractivity contribution < 1.29 is 8.81 Å². The molecule has 0 aliphatic carbocycles. The molecule has 76 valence electrons. The van der Waals surface area contributed by atoms with Crippen molar-refractivity contribution in [3.8, 4) is 0 Å². The highest BCUT2D eigenvalue weighted by molar-refractivity contribution is 5.85. The summed E-state index contributed by atoms with van der Waals surface area (Å²) in [7, 11) is 0. The van der Waals surface area contributed by atoms with Crippen molar-refractivity contribution in [2.75, 3.05) is 6.67 Å². The molecule has 0 aliphatic heterocycles. The van der Waals surface area contributed by atoms with Gasteiger partial charge in [0.2, 0.25) is 0 Å². The van der Waals surface area contributed by atoms with Gasteiger partial charge in [0.15, 0.2) is 0 Å². The Morgan fingerprint density at radius 2 is 2.15 bits per heavy atom. The molecule has 13 heavy (non-hydrogen) atoms. The predicted molar refractivity (Wildman–Crippen MR) is 53.0 cm³/mol. The molecule has 0 aromatic carbocycles. The Hall–Kier alpha value is -0.540. The standard InChI is InChI=1S/C9H14FNO.ClH/c1-6-5-9(12-7(6)2)8(11)3-4-10;/h5,8H,3-4,11H2,1-2H3;1H/t8-;/m1./s1. The molecule has 0 fully saturated rings. The van der Waals surface area contributed by atoms with Gasteiger partial charge in [-0.15, -0.1) is 12.4 Å². The summed E-state index contributed by atoms with van der Waals surface area (Å²) >= 11 is 0. The summed E-state index contributed by atoms with van der Waals surface area (Å²) < 4.78 is 17.3. The largest absolute Gasteiger partial charge is 0.464 e. The maximum absolute atomic E-state index is 11.9. The van der Waals surface area contributed by atoms with Gasteiger partial charge in [-0.25, -0.2) is 0 Å². The highest BCUT2D eigenvalue weighted by atomic mass is 35.5. The molecule has 0 aliphatic rings. The molecule has 1 aromatic heterocycles. The van der Waals surface area contributed by atoms with Gasteiger partial charge in [-0.3, -0.25) is 4.39 Å². The van der Waals surface area contributed by atoms with Gasteiger partial charge in [0.1, 0.15) is 11.5 Å². The first-order valence-corrected chi connectivity index (χ1v) is 4.03. The quantitative estimate of drug-likeness (QED) is 0.828. The summed E-state index contributed by atoms with van der Waals surface area (Å²) in [6, 6.07) is 1.57. The monoisotopic (exact) mass is 207 g/mol. The fraction of sp³-hybridized carbons (Fsp3) is 0.556. The fourth-order valence-corrected chi connectivity index (χ4v) is 1.04. The minimum atomic E-state index is -0.403. The van der Waals surface area contributed by atoms with Crippen LogP contribution in [0.5, 0.6) is 0 Å². The van der Waals surface area contributed by atoms with Crippen molar-refractivity contribution in [3.05, 3.63) is 23.2 Å². The molecular formula is C9H15ClFNO. The third-order valence-corrected chi connectivity index (χ3v) is 1.97. The second-order valence-corrected chi connectivity index (χ2v) is 2.97. The molecule has 0 spiro atoms. The van der Waals surface area contributed by atoms with Gasteiger partial charge in [0, 0.05) is 0 Å². The Morgan fingerprint density at radius 3 is 2.54 bits per heavy atom. The number of nitrogens with two attached hydrogens (primary N) is 1. The van der Waals surface area contributed by atoms with Crippen LogP contribution < -0.4 is 5.73 Å². The third-order valence-electron chi connectivity index (χ3n) is 1.97. The van der Waals surface area contributed by atoms with Gasteiger partial charge in [0.05, 0.1) is 12.7 Å². The maximum Gasteiger partial charge on any atom is 0.121 e. The van der Waals surface area contributed by atoms with Crippen LogP contribution in [0.1, 0.15) is 29.5 Å². The van der Waals surface area contributed by atoms with E-state index in [0.29, 0.717) is 12.2 Å². The molecule has 2 N–H and O–H groups in total. The summed E-state index contributed by atoms with van der Waals surface area (Å²) in [5, 5.41) is 0. The highest BCUT2D eigenvalue weighted by Gasteiger charge is 2.11. The molecular weight excluding hydrogens is 193 g/mol. The number of halogens is 2. The summed E-state index contributed by atoms with van der Waals surface area (Å²) in [6.07, 6.45) is 0.326.